The molecule has 1 aliphatic rings. The van der Waals surface area contributed by atoms with Crippen molar-refractivity contribution in [2.75, 3.05) is 39.4 Å². The third kappa shape index (κ3) is 4.84. The Kier molecular flexibility index (Phi) is 6.12. The van der Waals surface area contributed by atoms with Gasteiger partial charge in [-0.3, -0.25) is 9.69 Å². The summed E-state index contributed by atoms with van der Waals surface area (Å²) in [5.41, 5.74) is 1.26. The number of halogens is 1. The van der Waals surface area contributed by atoms with Crippen molar-refractivity contribution >= 4 is 17.2 Å². The average molecular weight is 363 g/mol. The number of morpholine rings is 1. The number of nitrogens with zero attached hydrogens (tertiary/aromatic N) is 2. The summed E-state index contributed by atoms with van der Waals surface area (Å²) in [5, 5.41) is 3.57. The molecule has 0 atom stereocenters. The summed E-state index contributed by atoms with van der Waals surface area (Å²) in [6.45, 7) is 6.65. The zero-order valence-electron chi connectivity index (χ0n) is 14.3. The quantitative estimate of drug-likeness (QED) is 0.855. The summed E-state index contributed by atoms with van der Waals surface area (Å²) in [6.07, 6.45) is 0.279. The van der Waals surface area contributed by atoms with Gasteiger partial charge in [0.1, 0.15) is 10.8 Å². The number of aromatic nitrogens is 1. The fourth-order valence-corrected chi connectivity index (χ4v) is 3.82. The first-order valence-electron chi connectivity index (χ1n) is 8.41. The Morgan fingerprint density at radius 1 is 1.36 bits per heavy atom. The molecule has 1 aliphatic heterocycles. The molecule has 1 N–H and O–H groups in total. The Morgan fingerprint density at radius 2 is 2.12 bits per heavy atom. The summed E-state index contributed by atoms with van der Waals surface area (Å²) < 4.78 is 19.2. The molecule has 1 fully saturated rings. The number of hydrogen-bond acceptors (Lipinski definition) is 5. The minimum Gasteiger partial charge on any atom is -0.379 e. The van der Waals surface area contributed by atoms with E-state index in [-0.39, 0.29) is 18.1 Å². The predicted molar refractivity (Wildman–Crippen MR) is 96.2 cm³/mol. The summed E-state index contributed by atoms with van der Waals surface area (Å²) in [4.78, 5) is 19.7. The Morgan fingerprint density at radius 3 is 2.88 bits per heavy atom. The second-order valence-electron chi connectivity index (χ2n) is 5.99. The van der Waals surface area contributed by atoms with Gasteiger partial charge in [0.25, 0.3) is 0 Å². The topological polar surface area (TPSA) is 54.5 Å². The lowest BCUT2D eigenvalue weighted by atomic mass is 10.2. The van der Waals surface area contributed by atoms with Crippen molar-refractivity contribution in [3.63, 3.8) is 0 Å². The van der Waals surface area contributed by atoms with Gasteiger partial charge in [0.05, 0.1) is 25.3 Å². The monoisotopic (exact) mass is 363 g/mol. The highest BCUT2D eigenvalue weighted by atomic mass is 32.1. The van der Waals surface area contributed by atoms with Crippen molar-refractivity contribution in [3.8, 4) is 10.6 Å². The van der Waals surface area contributed by atoms with Crippen LogP contribution in [0, 0.1) is 12.7 Å². The van der Waals surface area contributed by atoms with Crippen molar-refractivity contribution in [1.29, 1.82) is 0 Å². The van der Waals surface area contributed by atoms with E-state index in [4.69, 9.17) is 4.74 Å². The van der Waals surface area contributed by atoms with Crippen molar-refractivity contribution in [2.24, 2.45) is 0 Å². The summed E-state index contributed by atoms with van der Waals surface area (Å²) in [5.74, 6) is -0.321. The molecular weight excluding hydrogens is 341 g/mol. The molecule has 25 heavy (non-hydrogen) atoms. The maximum atomic E-state index is 13.9. The number of nitrogens with one attached hydrogen (secondary N) is 1. The van der Waals surface area contributed by atoms with Crippen LogP contribution in [0.15, 0.2) is 24.3 Å². The minimum absolute atomic E-state index is 0.0277. The smallest absolute Gasteiger partial charge is 0.225 e. The van der Waals surface area contributed by atoms with Crippen molar-refractivity contribution < 1.29 is 13.9 Å². The lowest BCUT2D eigenvalue weighted by molar-refractivity contribution is -0.120. The molecule has 134 valence electrons. The molecule has 2 heterocycles. The van der Waals surface area contributed by atoms with Crippen LogP contribution < -0.4 is 5.32 Å². The Hall–Kier alpha value is -1.83. The van der Waals surface area contributed by atoms with Crippen LogP contribution in [-0.4, -0.2) is 55.2 Å². The van der Waals surface area contributed by atoms with Gasteiger partial charge >= 0.3 is 0 Å². The van der Waals surface area contributed by atoms with E-state index in [1.54, 1.807) is 18.2 Å². The summed E-state index contributed by atoms with van der Waals surface area (Å²) >= 11 is 1.38. The van der Waals surface area contributed by atoms with Crippen LogP contribution in [0.5, 0.6) is 0 Å². The number of hydrogen-bond donors (Lipinski definition) is 1. The van der Waals surface area contributed by atoms with Gasteiger partial charge < -0.3 is 10.1 Å². The molecule has 0 aliphatic carbocycles. The van der Waals surface area contributed by atoms with E-state index in [9.17, 15) is 9.18 Å². The molecule has 0 bridgehead atoms. The van der Waals surface area contributed by atoms with Gasteiger partial charge in [-0.15, -0.1) is 11.3 Å². The molecule has 0 radical (unpaired) electrons. The zero-order chi connectivity index (χ0) is 17.6. The van der Waals surface area contributed by atoms with Crippen LogP contribution in [0.2, 0.25) is 0 Å². The average Bonchev–Trinajstić information content (AvgIpc) is 2.96. The molecule has 1 amide bonds. The van der Waals surface area contributed by atoms with E-state index in [0.29, 0.717) is 17.1 Å². The van der Waals surface area contributed by atoms with Crippen LogP contribution in [0.25, 0.3) is 10.6 Å². The summed E-state index contributed by atoms with van der Waals surface area (Å²) in [6, 6.07) is 6.57. The molecule has 0 saturated carbocycles. The predicted octanol–water partition coefficient (Wildman–Crippen LogP) is 2.25. The maximum Gasteiger partial charge on any atom is 0.225 e. The molecule has 1 aromatic heterocycles. The van der Waals surface area contributed by atoms with E-state index in [0.717, 1.165) is 43.4 Å². The standard InChI is InChI=1S/C18H22FN3O2S/c1-13-16(25-18(21-13)14-4-2-3-5-15(14)19)12-17(23)20-6-7-22-8-10-24-11-9-22/h2-5H,6-12H2,1H3,(H,20,23). The fraction of sp³-hybridized carbons (Fsp3) is 0.444. The van der Waals surface area contributed by atoms with E-state index < -0.39 is 0 Å². The number of ether oxygens (including phenoxy) is 1. The fourth-order valence-electron chi connectivity index (χ4n) is 2.73. The van der Waals surface area contributed by atoms with Gasteiger partial charge in [-0.25, -0.2) is 9.37 Å². The first kappa shape index (κ1) is 18.0. The third-order valence-electron chi connectivity index (χ3n) is 4.17. The van der Waals surface area contributed by atoms with E-state index in [2.05, 4.69) is 15.2 Å². The Labute approximate surface area is 150 Å². The van der Waals surface area contributed by atoms with Gasteiger partial charge in [0.15, 0.2) is 0 Å². The Bertz CT molecular complexity index is 729. The molecule has 1 aromatic carbocycles. The van der Waals surface area contributed by atoms with Crippen LogP contribution in [0.1, 0.15) is 10.6 Å². The van der Waals surface area contributed by atoms with E-state index in [1.807, 2.05) is 6.92 Å². The molecular formula is C18H22FN3O2S. The molecule has 0 spiro atoms. The highest BCUT2D eigenvalue weighted by molar-refractivity contribution is 7.15. The van der Waals surface area contributed by atoms with Crippen LogP contribution in [0.3, 0.4) is 0 Å². The second kappa shape index (κ2) is 8.51. The minimum atomic E-state index is -0.294. The molecule has 1 saturated heterocycles. The van der Waals surface area contributed by atoms with Gasteiger partial charge in [0.2, 0.25) is 5.91 Å². The van der Waals surface area contributed by atoms with Crippen molar-refractivity contribution in [2.45, 2.75) is 13.3 Å². The van der Waals surface area contributed by atoms with Crippen LogP contribution >= 0.6 is 11.3 Å². The highest BCUT2D eigenvalue weighted by Gasteiger charge is 2.15. The molecule has 0 unspecified atom stereocenters. The largest absolute Gasteiger partial charge is 0.379 e. The Balaban J connectivity index is 1.54. The molecule has 2 aromatic rings. The molecule has 5 nitrogen and oxygen atoms in total. The molecule has 7 heteroatoms. The van der Waals surface area contributed by atoms with E-state index >= 15 is 0 Å². The number of aryl methyl sites for hydroxylation is 1. The normalized spacial score (nSPS) is 15.3. The first-order valence-corrected chi connectivity index (χ1v) is 9.23. The van der Waals surface area contributed by atoms with Crippen molar-refractivity contribution in [3.05, 3.63) is 40.7 Å². The lowest BCUT2D eigenvalue weighted by Gasteiger charge is -2.26. The van der Waals surface area contributed by atoms with Gasteiger partial charge in [0, 0.05) is 36.6 Å². The van der Waals surface area contributed by atoms with Gasteiger partial charge in [-0.1, -0.05) is 12.1 Å². The number of rotatable bonds is 6. The summed E-state index contributed by atoms with van der Waals surface area (Å²) in [7, 11) is 0. The second-order valence-corrected chi connectivity index (χ2v) is 7.07. The number of carbonyl (C=O) groups excluding carboxylic acids is 1. The zero-order valence-corrected chi connectivity index (χ0v) is 15.1. The van der Waals surface area contributed by atoms with Crippen molar-refractivity contribution in [1.82, 2.24) is 15.2 Å². The number of thiazole rings is 1. The van der Waals surface area contributed by atoms with E-state index in [1.165, 1.54) is 17.4 Å². The van der Waals surface area contributed by atoms with Crippen LogP contribution in [0.4, 0.5) is 4.39 Å². The first-order chi connectivity index (χ1) is 12.1. The number of carbonyl (C=O) groups is 1. The highest BCUT2D eigenvalue weighted by Crippen LogP contribution is 2.29. The van der Waals surface area contributed by atoms with Gasteiger partial charge in [-0.2, -0.15) is 0 Å². The lowest BCUT2D eigenvalue weighted by Crippen LogP contribution is -2.41. The SMILES string of the molecule is Cc1nc(-c2ccccc2F)sc1CC(=O)NCCN1CCOCC1. The number of amides is 1. The van der Waals surface area contributed by atoms with Crippen LogP contribution in [-0.2, 0) is 16.0 Å². The maximum absolute atomic E-state index is 13.9. The third-order valence-corrected chi connectivity index (χ3v) is 5.36. The van der Waals surface area contributed by atoms with Gasteiger partial charge in [-0.05, 0) is 19.1 Å². The number of benzene rings is 1. The molecule has 3 rings (SSSR count).